The molecule has 1 aromatic heterocycles. The molecule has 1 aromatic rings. The van der Waals surface area contributed by atoms with Gasteiger partial charge in [-0.3, -0.25) is 4.90 Å². The van der Waals surface area contributed by atoms with Gasteiger partial charge in [-0.25, -0.2) is 0 Å². The highest BCUT2D eigenvalue weighted by Crippen LogP contribution is 2.04. The number of nitrogens with zero attached hydrogens (tertiary/aromatic N) is 1. The van der Waals surface area contributed by atoms with Crippen LogP contribution in [0.5, 0.6) is 0 Å². The van der Waals surface area contributed by atoms with Crippen molar-refractivity contribution in [2.45, 2.75) is 25.8 Å². The van der Waals surface area contributed by atoms with Crippen molar-refractivity contribution >= 4 is 0 Å². The van der Waals surface area contributed by atoms with Crippen molar-refractivity contribution in [2.75, 3.05) is 39.4 Å². The van der Waals surface area contributed by atoms with Gasteiger partial charge in [-0.15, -0.1) is 0 Å². The van der Waals surface area contributed by atoms with Crippen molar-refractivity contribution in [3.05, 3.63) is 24.2 Å². The fourth-order valence-corrected chi connectivity index (χ4v) is 2.28. The van der Waals surface area contributed by atoms with Crippen molar-refractivity contribution in [2.24, 2.45) is 0 Å². The van der Waals surface area contributed by atoms with Gasteiger partial charge in [-0.2, -0.15) is 0 Å². The maximum atomic E-state index is 5.34. The Kier molecular flexibility index (Phi) is 5.71. The van der Waals surface area contributed by atoms with Crippen molar-refractivity contribution in [3.63, 3.8) is 0 Å². The molecule has 0 spiro atoms. The van der Waals surface area contributed by atoms with Crippen LogP contribution in [0.1, 0.15) is 19.1 Å². The monoisotopic (exact) mass is 252 g/mol. The Balaban J connectivity index is 1.52. The lowest BCUT2D eigenvalue weighted by Crippen LogP contribution is -2.38. The zero-order chi connectivity index (χ0) is 12.6. The van der Waals surface area contributed by atoms with Crippen LogP contribution in [0.2, 0.25) is 0 Å². The van der Waals surface area contributed by atoms with Crippen molar-refractivity contribution < 1.29 is 9.15 Å². The van der Waals surface area contributed by atoms with E-state index in [9.17, 15) is 0 Å². The number of hydrogen-bond donors (Lipinski definition) is 1. The lowest BCUT2D eigenvalue weighted by molar-refractivity contribution is 0.0374. The Bertz CT molecular complexity index is 308. The van der Waals surface area contributed by atoms with E-state index in [4.69, 9.17) is 9.15 Å². The van der Waals surface area contributed by atoms with E-state index in [-0.39, 0.29) is 0 Å². The summed E-state index contributed by atoms with van der Waals surface area (Å²) < 4.78 is 10.7. The Labute approximate surface area is 109 Å². The van der Waals surface area contributed by atoms with E-state index in [2.05, 4.69) is 17.1 Å². The molecule has 4 nitrogen and oxygen atoms in total. The predicted octanol–water partition coefficient (Wildman–Crippen LogP) is 1.52. The second-order valence-electron chi connectivity index (χ2n) is 4.95. The fraction of sp³-hybridized carbons (Fsp3) is 0.714. The molecule has 1 aliphatic rings. The van der Waals surface area contributed by atoms with Gasteiger partial charge in [0.05, 0.1) is 19.5 Å². The molecule has 0 saturated carbocycles. The van der Waals surface area contributed by atoms with E-state index in [1.807, 2.05) is 12.1 Å². The highest BCUT2D eigenvalue weighted by Gasteiger charge is 2.09. The summed E-state index contributed by atoms with van der Waals surface area (Å²) in [5, 5.41) is 3.54. The molecule has 18 heavy (non-hydrogen) atoms. The number of rotatable bonds is 7. The van der Waals surface area contributed by atoms with Gasteiger partial charge in [0, 0.05) is 25.6 Å². The van der Waals surface area contributed by atoms with Gasteiger partial charge in [-0.05, 0) is 38.6 Å². The third-order valence-corrected chi connectivity index (χ3v) is 3.34. The van der Waals surface area contributed by atoms with Crippen LogP contribution in [0.25, 0.3) is 0 Å². The molecule has 4 heteroatoms. The van der Waals surface area contributed by atoms with Crippen LogP contribution in [0.4, 0.5) is 0 Å². The highest BCUT2D eigenvalue weighted by molar-refractivity contribution is 4.99. The molecule has 1 atom stereocenters. The van der Waals surface area contributed by atoms with E-state index < -0.39 is 0 Å². The molecule has 102 valence electrons. The number of furan rings is 1. The molecular formula is C14H24N2O2. The van der Waals surface area contributed by atoms with E-state index >= 15 is 0 Å². The smallest absolute Gasteiger partial charge is 0.105 e. The van der Waals surface area contributed by atoms with Gasteiger partial charge >= 0.3 is 0 Å². The van der Waals surface area contributed by atoms with Gasteiger partial charge in [-0.1, -0.05) is 0 Å². The van der Waals surface area contributed by atoms with Crippen LogP contribution < -0.4 is 5.32 Å². The largest absolute Gasteiger partial charge is 0.469 e. The van der Waals surface area contributed by atoms with Crippen LogP contribution >= 0.6 is 0 Å². The Hall–Kier alpha value is -0.840. The first-order valence-electron chi connectivity index (χ1n) is 6.90. The maximum absolute atomic E-state index is 5.34. The zero-order valence-electron chi connectivity index (χ0n) is 11.2. The van der Waals surface area contributed by atoms with E-state index in [1.165, 1.54) is 13.0 Å². The van der Waals surface area contributed by atoms with Gasteiger partial charge in [0.1, 0.15) is 5.76 Å². The van der Waals surface area contributed by atoms with Crippen molar-refractivity contribution in [1.82, 2.24) is 10.2 Å². The first-order chi connectivity index (χ1) is 8.84. The maximum Gasteiger partial charge on any atom is 0.105 e. The van der Waals surface area contributed by atoms with Crippen LogP contribution in [0.15, 0.2) is 22.8 Å². The minimum Gasteiger partial charge on any atom is -0.469 e. The normalized spacial score (nSPS) is 18.9. The Morgan fingerprint density at radius 1 is 1.39 bits per heavy atom. The number of morpholine rings is 1. The summed E-state index contributed by atoms with van der Waals surface area (Å²) in [5.41, 5.74) is 0. The molecular weight excluding hydrogens is 228 g/mol. The topological polar surface area (TPSA) is 37.6 Å². The summed E-state index contributed by atoms with van der Waals surface area (Å²) in [7, 11) is 0. The molecule has 2 heterocycles. The SMILES string of the molecule is CC(Cc1ccco1)NCCCN1CCOCC1. The zero-order valence-corrected chi connectivity index (χ0v) is 11.2. The Morgan fingerprint density at radius 3 is 2.94 bits per heavy atom. The highest BCUT2D eigenvalue weighted by atomic mass is 16.5. The van der Waals surface area contributed by atoms with Crippen molar-refractivity contribution in [3.8, 4) is 0 Å². The second kappa shape index (κ2) is 7.56. The van der Waals surface area contributed by atoms with E-state index in [0.29, 0.717) is 6.04 Å². The summed E-state index contributed by atoms with van der Waals surface area (Å²) >= 11 is 0. The first-order valence-corrected chi connectivity index (χ1v) is 6.90. The van der Waals surface area contributed by atoms with Crippen LogP contribution in [0, 0.1) is 0 Å². The average molecular weight is 252 g/mol. The number of ether oxygens (including phenoxy) is 1. The molecule has 0 bridgehead atoms. The summed E-state index contributed by atoms with van der Waals surface area (Å²) in [6.07, 6.45) is 3.90. The third kappa shape index (κ3) is 4.80. The summed E-state index contributed by atoms with van der Waals surface area (Å²) in [4.78, 5) is 2.47. The quantitative estimate of drug-likeness (QED) is 0.747. The number of hydrogen-bond acceptors (Lipinski definition) is 4. The molecule has 2 rings (SSSR count). The molecule has 1 unspecified atom stereocenters. The van der Waals surface area contributed by atoms with E-state index in [1.54, 1.807) is 6.26 Å². The fourth-order valence-electron chi connectivity index (χ4n) is 2.28. The molecule has 1 N–H and O–H groups in total. The minimum absolute atomic E-state index is 0.473. The number of nitrogens with one attached hydrogen (secondary N) is 1. The summed E-state index contributed by atoms with van der Waals surface area (Å²) in [5.74, 6) is 1.06. The summed E-state index contributed by atoms with van der Waals surface area (Å²) in [6, 6.07) is 4.45. The standard InChI is InChI=1S/C14H24N2O2/c1-13(12-14-4-2-9-18-14)15-5-3-6-16-7-10-17-11-8-16/h2,4,9,13,15H,3,5-8,10-12H2,1H3. The Morgan fingerprint density at radius 2 is 2.22 bits per heavy atom. The third-order valence-electron chi connectivity index (χ3n) is 3.34. The minimum atomic E-state index is 0.473. The van der Waals surface area contributed by atoms with Gasteiger partial charge < -0.3 is 14.5 Å². The molecule has 1 saturated heterocycles. The lowest BCUT2D eigenvalue weighted by atomic mass is 10.2. The van der Waals surface area contributed by atoms with Gasteiger partial charge in [0.25, 0.3) is 0 Å². The lowest BCUT2D eigenvalue weighted by Gasteiger charge is -2.26. The average Bonchev–Trinajstić information content (AvgIpc) is 2.89. The van der Waals surface area contributed by atoms with Gasteiger partial charge in [0.15, 0.2) is 0 Å². The van der Waals surface area contributed by atoms with E-state index in [0.717, 1.165) is 45.0 Å². The molecule has 1 fully saturated rings. The first kappa shape index (κ1) is 13.6. The van der Waals surface area contributed by atoms with Crippen LogP contribution in [-0.4, -0.2) is 50.3 Å². The van der Waals surface area contributed by atoms with Gasteiger partial charge in [0.2, 0.25) is 0 Å². The molecule has 0 radical (unpaired) electrons. The van der Waals surface area contributed by atoms with Crippen LogP contribution in [0.3, 0.4) is 0 Å². The second-order valence-corrected chi connectivity index (χ2v) is 4.95. The van der Waals surface area contributed by atoms with Crippen LogP contribution in [-0.2, 0) is 11.2 Å². The summed E-state index contributed by atoms with van der Waals surface area (Å²) in [6.45, 7) is 8.40. The molecule has 1 aliphatic heterocycles. The van der Waals surface area contributed by atoms with Crippen molar-refractivity contribution in [1.29, 1.82) is 0 Å². The predicted molar refractivity (Wildman–Crippen MR) is 71.8 cm³/mol. The molecule has 0 aromatic carbocycles. The molecule has 0 aliphatic carbocycles. The molecule has 0 amide bonds.